The third-order valence-corrected chi connectivity index (χ3v) is 2.13. The maximum atomic E-state index is 11.7. The van der Waals surface area contributed by atoms with Gasteiger partial charge in [-0.1, -0.05) is 13.8 Å². The number of carbonyl (C=O) groups is 2. The van der Waals surface area contributed by atoms with E-state index in [1.807, 2.05) is 0 Å². The van der Waals surface area contributed by atoms with Gasteiger partial charge in [-0.3, -0.25) is 9.69 Å². The molecule has 3 amide bonds. The van der Waals surface area contributed by atoms with Crippen LogP contribution in [-0.4, -0.2) is 35.3 Å². The van der Waals surface area contributed by atoms with Gasteiger partial charge in [0.1, 0.15) is 0 Å². The molecule has 0 bridgehead atoms. The SMILES string of the molecule is CC(C)C(N)C(=O)N(CCCl)C(=O)NN=O. The first-order valence-electron chi connectivity index (χ1n) is 4.71. The molecule has 92 valence electrons. The van der Waals surface area contributed by atoms with E-state index in [0.717, 1.165) is 4.90 Å². The van der Waals surface area contributed by atoms with Gasteiger partial charge in [-0.05, 0) is 5.92 Å². The van der Waals surface area contributed by atoms with Crippen LogP contribution >= 0.6 is 11.6 Å². The smallest absolute Gasteiger partial charge is 0.320 e. The summed E-state index contributed by atoms with van der Waals surface area (Å²) in [5.74, 6) is -0.651. The number of alkyl halides is 1. The highest BCUT2D eigenvalue weighted by Crippen LogP contribution is 2.04. The lowest BCUT2D eigenvalue weighted by atomic mass is 10.0. The first kappa shape index (κ1) is 14.8. The van der Waals surface area contributed by atoms with Crippen LogP contribution in [0.2, 0.25) is 0 Å². The van der Waals surface area contributed by atoms with Gasteiger partial charge in [0.05, 0.1) is 11.3 Å². The Kier molecular flexibility index (Phi) is 6.59. The van der Waals surface area contributed by atoms with Gasteiger partial charge >= 0.3 is 6.03 Å². The number of nitrogens with one attached hydrogen (secondary N) is 1. The van der Waals surface area contributed by atoms with Crippen LogP contribution in [0.25, 0.3) is 0 Å². The lowest BCUT2D eigenvalue weighted by molar-refractivity contribution is -0.130. The Hall–Kier alpha value is -1.21. The van der Waals surface area contributed by atoms with Crippen molar-refractivity contribution < 1.29 is 9.59 Å². The molecular formula is C8H15ClN4O3. The van der Waals surface area contributed by atoms with Gasteiger partial charge in [0.25, 0.3) is 0 Å². The monoisotopic (exact) mass is 250 g/mol. The molecule has 0 aromatic carbocycles. The Morgan fingerprint density at radius 2 is 2.06 bits per heavy atom. The lowest BCUT2D eigenvalue weighted by Crippen LogP contribution is -2.52. The van der Waals surface area contributed by atoms with Crippen molar-refractivity contribution in [3.8, 4) is 0 Å². The number of hydrogen-bond donors (Lipinski definition) is 2. The van der Waals surface area contributed by atoms with Gasteiger partial charge in [0.2, 0.25) is 5.91 Å². The van der Waals surface area contributed by atoms with E-state index >= 15 is 0 Å². The summed E-state index contributed by atoms with van der Waals surface area (Å²) in [5, 5.41) is 2.20. The van der Waals surface area contributed by atoms with Crippen LogP contribution in [0.5, 0.6) is 0 Å². The van der Waals surface area contributed by atoms with Crippen molar-refractivity contribution in [1.82, 2.24) is 10.3 Å². The highest BCUT2D eigenvalue weighted by Gasteiger charge is 2.27. The number of amides is 3. The quantitative estimate of drug-likeness (QED) is 0.419. The average molecular weight is 251 g/mol. The predicted molar refractivity (Wildman–Crippen MR) is 59.6 cm³/mol. The molecular weight excluding hydrogens is 236 g/mol. The second kappa shape index (κ2) is 7.13. The van der Waals surface area contributed by atoms with Crippen molar-refractivity contribution in [3.63, 3.8) is 0 Å². The van der Waals surface area contributed by atoms with Crippen LogP contribution in [0, 0.1) is 10.8 Å². The van der Waals surface area contributed by atoms with Crippen LogP contribution in [-0.2, 0) is 4.79 Å². The minimum Gasteiger partial charge on any atom is -0.320 e. The maximum absolute atomic E-state index is 11.7. The third-order valence-electron chi connectivity index (χ3n) is 1.96. The summed E-state index contributed by atoms with van der Waals surface area (Å²) in [6, 6.07) is -1.74. The molecule has 1 unspecified atom stereocenters. The summed E-state index contributed by atoms with van der Waals surface area (Å²) in [4.78, 5) is 33.7. The zero-order chi connectivity index (χ0) is 12.7. The molecule has 0 heterocycles. The molecule has 7 nitrogen and oxygen atoms in total. The Balaban J connectivity index is 4.70. The molecule has 0 saturated heterocycles. The van der Waals surface area contributed by atoms with E-state index in [0.29, 0.717) is 0 Å². The fourth-order valence-electron chi connectivity index (χ4n) is 0.961. The minimum atomic E-state index is -0.920. The highest BCUT2D eigenvalue weighted by molar-refractivity contribution is 6.18. The molecule has 0 aromatic rings. The van der Waals surface area contributed by atoms with Crippen LogP contribution in [0.4, 0.5) is 4.79 Å². The molecule has 3 N–H and O–H groups in total. The van der Waals surface area contributed by atoms with Gasteiger partial charge in [-0.2, -0.15) is 5.43 Å². The van der Waals surface area contributed by atoms with Crippen molar-refractivity contribution in [2.45, 2.75) is 19.9 Å². The zero-order valence-corrected chi connectivity index (χ0v) is 9.90. The molecule has 0 aliphatic rings. The van der Waals surface area contributed by atoms with Crippen molar-refractivity contribution in [2.75, 3.05) is 12.4 Å². The van der Waals surface area contributed by atoms with Crippen molar-refractivity contribution >= 4 is 23.5 Å². The topological polar surface area (TPSA) is 105 Å². The number of halogens is 1. The second-order valence-corrected chi connectivity index (χ2v) is 3.83. The van der Waals surface area contributed by atoms with Gasteiger partial charge in [0, 0.05) is 12.4 Å². The number of imide groups is 1. The van der Waals surface area contributed by atoms with Crippen molar-refractivity contribution in [3.05, 3.63) is 4.91 Å². The summed E-state index contributed by atoms with van der Waals surface area (Å²) in [6.07, 6.45) is 0. The van der Waals surface area contributed by atoms with Gasteiger partial charge < -0.3 is 5.73 Å². The number of nitroso groups, excluding NO2 is 1. The van der Waals surface area contributed by atoms with Crippen LogP contribution in [0.3, 0.4) is 0 Å². The number of nitrogens with two attached hydrogens (primary N) is 1. The summed E-state index contributed by atoms with van der Waals surface area (Å²) in [5.41, 5.74) is 7.23. The van der Waals surface area contributed by atoms with E-state index in [1.165, 1.54) is 0 Å². The number of urea groups is 1. The fourth-order valence-corrected chi connectivity index (χ4v) is 1.13. The molecule has 0 saturated carbocycles. The van der Waals surface area contributed by atoms with Gasteiger partial charge in [-0.25, -0.2) is 4.79 Å². The minimum absolute atomic E-state index is 0.0256. The Labute approximate surface area is 98.2 Å². The van der Waals surface area contributed by atoms with Crippen molar-refractivity contribution in [2.24, 2.45) is 16.9 Å². The standard InChI is InChI=1S/C8H15ClN4O3/c1-5(2)6(10)7(14)13(4-3-9)8(15)11-12-16/h5-6H,3-4,10H2,1-2H3,(H,11,15,16). The zero-order valence-electron chi connectivity index (χ0n) is 9.14. The summed E-state index contributed by atoms with van der Waals surface area (Å²) >= 11 is 5.45. The van der Waals surface area contributed by atoms with Crippen molar-refractivity contribution in [1.29, 1.82) is 0 Å². The normalized spacial score (nSPS) is 12.1. The molecule has 0 aliphatic heterocycles. The number of hydrogen-bond acceptors (Lipinski definition) is 5. The Morgan fingerprint density at radius 1 is 1.50 bits per heavy atom. The van der Waals surface area contributed by atoms with Crippen LogP contribution in [0.15, 0.2) is 5.29 Å². The van der Waals surface area contributed by atoms with Gasteiger partial charge in [-0.15, -0.1) is 16.5 Å². The summed E-state index contributed by atoms with van der Waals surface area (Å²) in [6.45, 7) is 3.47. The first-order valence-corrected chi connectivity index (χ1v) is 5.24. The number of rotatable bonds is 5. The summed E-state index contributed by atoms with van der Waals surface area (Å²) < 4.78 is 0. The molecule has 0 fully saturated rings. The Morgan fingerprint density at radius 3 is 2.44 bits per heavy atom. The Bertz CT molecular complexity index is 272. The number of carbonyl (C=O) groups excluding carboxylic acids is 2. The molecule has 0 radical (unpaired) electrons. The van der Waals surface area contributed by atoms with E-state index < -0.39 is 18.0 Å². The van der Waals surface area contributed by atoms with Crippen LogP contribution < -0.4 is 11.2 Å². The molecule has 0 aliphatic carbocycles. The molecule has 1 atom stereocenters. The average Bonchev–Trinajstić information content (AvgIpc) is 2.24. The van der Waals surface area contributed by atoms with E-state index in [2.05, 4.69) is 5.29 Å². The van der Waals surface area contributed by atoms with E-state index in [1.54, 1.807) is 19.3 Å². The second-order valence-electron chi connectivity index (χ2n) is 3.46. The lowest BCUT2D eigenvalue weighted by Gasteiger charge is -2.23. The third kappa shape index (κ3) is 4.11. The summed E-state index contributed by atoms with van der Waals surface area (Å²) in [7, 11) is 0. The highest BCUT2D eigenvalue weighted by atomic mass is 35.5. The predicted octanol–water partition coefficient (Wildman–Crippen LogP) is 0.428. The van der Waals surface area contributed by atoms with E-state index in [-0.39, 0.29) is 18.3 Å². The first-order chi connectivity index (χ1) is 7.45. The molecule has 16 heavy (non-hydrogen) atoms. The molecule has 8 heteroatoms. The molecule has 0 spiro atoms. The molecule has 0 rings (SSSR count). The van der Waals surface area contributed by atoms with Gasteiger partial charge in [0.15, 0.2) is 0 Å². The molecule has 0 aromatic heterocycles. The fraction of sp³-hybridized carbons (Fsp3) is 0.750. The van der Waals surface area contributed by atoms with E-state index in [4.69, 9.17) is 17.3 Å². The van der Waals surface area contributed by atoms with E-state index in [9.17, 15) is 14.5 Å². The van der Waals surface area contributed by atoms with Crippen LogP contribution in [0.1, 0.15) is 13.8 Å². The maximum Gasteiger partial charge on any atom is 0.347 e. The number of nitrogens with zero attached hydrogens (tertiary/aromatic N) is 2. The largest absolute Gasteiger partial charge is 0.347 e.